The number of pyridine rings is 1. The number of benzene rings is 1. The van der Waals surface area contributed by atoms with Crippen molar-refractivity contribution in [2.24, 2.45) is 11.7 Å². The molecule has 7 nitrogen and oxygen atoms in total. The first-order valence-corrected chi connectivity index (χ1v) is 10.1. The molecule has 1 aromatic carbocycles. The second-order valence-electron chi connectivity index (χ2n) is 7.85. The van der Waals surface area contributed by atoms with E-state index in [0.29, 0.717) is 0 Å². The number of carbonyl (C=O) groups excluding carboxylic acids is 2. The Hall–Kier alpha value is -2.99. The van der Waals surface area contributed by atoms with Gasteiger partial charge in [-0.25, -0.2) is 4.39 Å². The lowest BCUT2D eigenvalue weighted by atomic mass is 9.77. The number of primary amides is 1. The largest absolute Gasteiger partial charge is 0.493 e. The molecule has 2 heterocycles. The smallest absolute Gasteiger partial charge is 0.417 e. The van der Waals surface area contributed by atoms with Crippen molar-refractivity contribution in [1.82, 2.24) is 4.98 Å². The van der Waals surface area contributed by atoms with Gasteiger partial charge in [-0.1, -0.05) is 18.5 Å². The average Bonchev–Trinajstić information content (AvgIpc) is 3.04. The standard InChI is InChI=1S/C21H19ClF5N3O4/c1-8-13(10-7-11(22)14(23)15(24)16(10)33-3)17(34-20(8,2)21(25,26)27)19(32)30-9-4-5-29-12(6-9)18(28)31/h4-8,13,17H,1-3H3,(H2,28,31)(H,29,30,32)/t8-,13-,17-,20+/m1/s1. The van der Waals surface area contributed by atoms with Crippen LogP contribution in [0.2, 0.25) is 5.02 Å². The minimum atomic E-state index is -4.93. The molecule has 1 saturated heterocycles. The summed E-state index contributed by atoms with van der Waals surface area (Å²) in [5.41, 5.74) is 1.83. The maximum absolute atomic E-state index is 14.5. The molecule has 2 amide bonds. The highest BCUT2D eigenvalue weighted by atomic mass is 35.5. The van der Waals surface area contributed by atoms with Gasteiger partial charge in [-0.15, -0.1) is 0 Å². The van der Waals surface area contributed by atoms with Gasteiger partial charge in [-0.05, 0) is 25.1 Å². The second kappa shape index (κ2) is 8.99. The Balaban J connectivity index is 2.12. The predicted molar refractivity (Wildman–Crippen MR) is 111 cm³/mol. The number of nitrogens with zero attached hydrogens (tertiary/aromatic N) is 1. The van der Waals surface area contributed by atoms with E-state index in [4.69, 9.17) is 26.8 Å². The van der Waals surface area contributed by atoms with Gasteiger partial charge in [-0.2, -0.15) is 17.6 Å². The van der Waals surface area contributed by atoms with Crippen LogP contribution in [0.5, 0.6) is 5.75 Å². The number of amides is 2. The third kappa shape index (κ3) is 4.27. The number of anilines is 1. The first-order valence-electron chi connectivity index (χ1n) is 9.75. The molecule has 2 aromatic rings. The zero-order chi connectivity index (χ0) is 25.6. The lowest BCUT2D eigenvalue weighted by Crippen LogP contribution is -2.47. The zero-order valence-electron chi connectivity index (χ0n) is 18.0. The summed E-state index contributed by atoms with van der Waals surface area (Å²) in [5.74, 6) is -8.53. The van der Waals surface area contributed by atoms with Crippen LogP contribution in [0, 0.1) is 17.6 Å². The number of rotatable bonds is 5. The van der Waals surface area contributed by atoms with Crippen LogP contribution >= 0.6 is 11.6 Å². The van der Waals surface area contributed by atoms with Crippen molar-refractivity contribution < 1.29 is 41.0 Å². The summed E-state index contributed by atoms with van der Waals surface area (Å²) < 4.78 is 80.7. The molecule has 0 bridgehead atoms. The molecule has 1 fully saturated rings. The molecule has 4 atom stereocenters. The molecule has 34 heavy (non-hydrogen) atoms. The Labute approximate surface area is 195 Å². The Morgan fingerprint density at radius 3 is 2.47 bits per heavy atom. The van der Waals surface area contributed by atoms with E-state index in [2.05, 4.69) is 10.3 Å². The Morgan fingerprint density at radius 1 is 1.26 bits per heavy atom. The molecular formula is C21H19ClF5N3O4. The number of carbonyl (C=O) groups is 2. The monoisotopic (exact) mass is 507 g/mol. The first-order chi connectivity index (χ1) is 15.7. The molecular weight excluding hydrogens is 489 g/mol. The van der Waals surface area contributed by atoms with E-state index in [0.717, 1.165) is 39.3 Å². The van der Waals surface area contributed by atoms with Crippen molar-refractivity contribution in [2.45, 2.75) is 37.6 Å². The fourth-order valence-electron chi connectivity index (χ4n) is 3.93. The predicted octanol–water partition coefficient (Wildman–Crippen LogP) is 4.20. The van der Waals surface area contributed by atoms with Crippen molar-refractivity contribution in [2.75, 3.05) is 12.4 Å². The maximum Gasteiger partial charge on any atom is 0.417 e. The van der Waals surface area contributed by atoms with Gasteiger partial charge in [0.25, 0.3) is 11.8 Å². The summed E-state index contributed by atoms with van der Waals surface area (Å²) in [7, 11) is 0.996. The van der Waals surface area contributed by atoms with Gasteiger partial charge in [0, 0.05) is 29.3 Å². The van der Waals surface area contributed by atoms with Crippen LogP contribution in [-0.4, -0.2) is 41.8 Å². The van der Waals surface area contributed by atoms with Crippen molar-refractivity contribution >= 4 is 29.1 Å². The van der Waals surface area contributed by atoms with Gasteiger partial charge in [0.05, 0.1) is 12.1 Å². The molecule has 3 N–H and O–H groups in total. The van der Waals surface area contributed by atoms with Gasteiger partial charge in [-0.3, -0.25) is 14.6 Å². The van der Waals surface area contributed by atoms with E-state index >= 15 is 0 Å². The number of nitrogens with two attached hydrogens (primary N) is 1. The Kier molecular flexibility index (Phi) is 6.78. The molecule has 0 saturated carbocycles. The number of alkyl halides is 3. The number of nitrogens with one attached hydrogen (secondary N) is 1. The maximum atomic E-state index is 14.5. The van der Waals surface area contributed by atoms with Crippen LogP contribution in [0.25, 0.3) is 0 Å². The van der Waals surface area contributed by atoms with Crippen LogP contribution in [-0.2, 0) is 9.53 Å². The van der Waals surface area contributed by atoms with E-state index in [1.165, 1.54) is 6.07 Å². The lowest BCUT2D eigenvalue weighted by Gasteiger charge is -2.32. The fraction of sp³-hybridized carbons (Fsp3) is 0.381. The summed E-state index contributed by atoms with van der Waals surface area (Å²) in [6, 6.07) is 3.30. The fourth-order valence-corrected chi connectivity index (χ4v) is 4.13. The number of ether oxygens (including phenoxy) is 2. The highest BCUT2D eigenvalue weighted by Gasteiger charge is 2.66. The molecule has 184 valence electrons. The number of aromatic nitrogens is 1. The molecule has 0 unspecified atom stereocenters. The normalized spacial score (nSPS) is 24.7. The van der Waals surface area contributed by atoms with Gasteiger partial charge in [0.1, 0.15) is 11.8 Å². The summed E-state index contributed by atoms with van der Waals surface area (Å²) in [6.45, 7) is 1.92. The highest BCUT2D eigenvalue weighted by Crippen LogP contribution is 2.55. The van der Waals surface area contributed by atoms with E-state index in [1.807, 2.05) is 0 Å². The minimum Gasteiger partial charge on any atom is -0.493 e. The van der Waals surface area contributed by atoms with E-state index in [1.54, 1.807) is 0 Å². The van der Waals surface area contributed by atoms with Crippen molar-refractivity contribution in [1.29, 1.82) is 0 Å². The molecule has 13 heteroatoms. The van der Waals surface area contributed by atoms with Crippen LogP contribution in [0.3, 0.4) is 0 Å². The highest BCUT2D eigenvalue weighted by molar-refractivity contribution is 6.30. The van der Waals surface area contributed by atoms with Crippen LogP contribution in [0.1, 0.15) is 35.8 Å². The van der Waals surface area contributed by atoms with E-state index in [-0.39, 0.29) is 16.9 Å². The molecule has 1 aliphatic heterocycles. The Bertz CT molecular complexity index is 1150. The SMILES string of the molecule is COc1c([C@H]2[C@@H](C)[C@@](C)(C(F)(F)F)O[C@H]2C(=O)Nc2ccnc(C(N)=O)c2)cc(Cl)c(F)c1F. The van der Waals surface area contributed by atoms with Crippen molar-refractivity contribution in [3.8, 4) is 5.75 Å². The summed E-state index contributed by atoms with van der Waals surface area (Å²) in [4.78, 5) is 28.1. The second-order valence-corrected chi connectivity index (χ2v) is 8.26. The zero-order valence-corrected chi connectivity index (χ0v) is 18.7. The molecule has 1 aliphatic rings. The molecule has 0 aliphatic carbocycles. The average molecular weight is 508 g/mol. The number of halogens is 6. The third-order valence-electron chi connectivity index (χ3n) is 5.92. The van der Waals surface area contributed by atoms with Gasteiger partial charge < -0.3 is 20.5 Å². The molecule has 0 spiro atoms. The van der Waals surface area contributed by atoms with Crippen LogP contribution < -0.4 is 15.8 Å². The quantitative estimate of drug-likeness (QED) is 0.466. The number of methoxy groups -OCH3 is 1. The summed E-state index contributed by atoms with van der Waals surface area (Å²) >= 11 is 5.75. The van der Waals surface area contributed by atoms with Crippen molar-refractivity contribution in [3.63, 3.8) is 0 Å². The Morgan fingerprint density at radius 2 is 1.91 bits per heavy atom. The number of hydrogen-bond donors (Lipinski definition) is 2. The van der Waals surface area contributed by atoms with Crippen LogP contribution in [0.4, 0.5) is 27.6 Å². The van der Waals surface area contributed by atoms with E-state index < -0.39 is 63.9 Å². The lowest BCUT2D eigenvalue weighted by molar-refractivity contribution is -0.272. The molecule has 0 radical (unpaired) electrons. The van der Waals surface area contributed by atoms with Crippen LogP contribution in [0.15, 0.2) is 24.4 Å². The van der Waals surface area contributed by atoms with Gasteiger partial charge in [0.2, 0.25) is 5.82 Å². The summed E-state index contributed by atoms with van der Waals surface area (Å²) in [6.07, 6.45) is -5.60. The molecule has 1 aromatic heterocycles. The molecule has 3 rings (SSSR count). The minimum absolute atomic E-state index is 0.000279. The van der Waals surface area contributed by atoms with Gasteiger partial charge >= 0.3 is 6.18 Å². The number of hydrogen-bond acceptors (Lipinski definition) is 5. The summed E-state index contributed by atoms with van der Waals surface area (Å²) in [5, 5.41) is 1.64. The first kappa shape index (κ1) is 25.6. The van der Waals surface area contributed by atoms with Gasteiger partial charge in [0.15, 0.2) is 17.2 Å². The third-order valence-corrected chi connectivity index (χ3v) is 6.19. The van der Waals surface area contributed by atoms with Crippen molar-refractivity contribution in [3.05, 3.63) is 52.3 Å². The topological polar surface area (TPSA) is 104 Å². The van der Waals surface area contributed by atoms with E-state index in [9.17, 15) is 31.5 Å².